The highest BCUT2D eigenvalue weighted by Crippen LogP contribution is 2.47. The van der Waals surface area contributed by atoms with Crippen LogP contribution in [0, 0.1) is 5.41 Å². The maximum atomic E-state index is 13.4. The van der Waals surface area contributed by atoms with Crippen LogP contribution in [0.4, 0.5) is 0 Å². The molecule has 0 bridgehead atoms. The third kappa shape index (κ3) is 4.56. The highest BCUT2D eigenvalue weighted by atomic mass is 16.5. The van der Waals surface area contributed by atoms with Crippen LogP contribution in [-0.4, -0.2) is 61.1 Å². The molecule has 1 aromatic carbocycles. The predicted molar refractivity (Wildman–Crippen MR) is 124 cm³/mol. The van der Waals surface area contributed by atoms with Crippen molar-refractivity contribution in [1.82, 2.24) is 4.90 Å². The smallest absolute Gasteiger partial charge is 0.334 e. The quantitative estimate of drug-likeness (QED) is 0.440. The van der Waals surface area contributed by atoms with Gasteiger partial charge < -0.3 is 24.2 Å². The van der Waals surface area contributed by atoms with Crippen molar-refractivity contribution < 1.29 is 33.7 Å². The van der Waals surface area contributed by atoms with Crippen molar-refractivity contribution in [2.45, 2.75) is 58.4 Å². The van der Waals surface area contributed by atoms with Gasteiger partial charge in [0.25, 0.3) is 5.91 Å². The number of Topliss-reactive ketones (excluding diaryl/α,β-unsaturated/α-hetero) is 1. The average Bonchev–Trinajstić information content (AvgIpc) is 2.81. The van der Waals surface area contributed by atoms with E-state index in [2.05, 4.69) is 0 Å². The molecule has 0 aromatic heterocycles. The molecule has 1 heterocycles. The Bertz CT molecular complexity index is 912. The SMILES string of the molecule is CC=CC1(C(=O)O)C(c2cc(OC)c(OC)c(OC)c2)CCCN1C(=O)C(=O)C(C)(C)CC. The van der Waals surface area contributed by atoms with Crippen LogP contribution < -0.4 is 14.2 Å². The van der Waals surface area contributed by atoms with Crippen LogP contribution in [0.2, 0.25) is 0 Å². The zero-order valence-electron chi connectivity index (χ0n) is 20.6. The molecule has 0 spiro atoms. The van der Waals surface area contributed by atoms with Gasteiger partial charge in [-0.3, -0.25) is 9.59 Å². The highest BCUT2D eigenvalue weighted by molar-refractivity contribution is 6.38. The van der Waals surface area contributed by atoms with Crippen molar-refractivity contribution in [2.75, 3.05) is 27.9 Å². The van der Waals surface area contributed by atoms with Crippen LogP contribution in [0.5, 0.6) is 17.2 Å². The summed E-state index contributed by atoms with van der Waals surface area (Å²) in [5.74, 6) is -2.05. The molecule has 1 amide bonds. The number of carbonyl (C=O) groups is 3. The second kappa shape index (κ2) is 10.3. The number of piperidine rings is 1. The minimum Gasteiger partial charge on any atom is -0.493 e. The Morgan fingerprint density at radius 2 is 1.73 bits per heavy atom. The second-order valence-electron chi connectivity index (χ2n) is 8.81. The summed E-state index contributed by atoms with van der Waals surface area (Å²) in [5.41, 5.74) is -2.02. The van der Waals surface area contributed by atoms with E-state index in [0.717, 1.165) is 0 Å². The number of aliphatic carboxylic acids is 1. The van der Waals surface area contributed by atoms with Crippen molar-refractivity contribution in [3.8, 4) is 17.2 Å². The van der Waals surface area contributed by atoms with E-state index in [4.69, 9.17) is 14.2 Å². The number of ether oxygens (including phenoxy) is 3. The standard InChI is InChI=1S/C25H35NO7/c1-8-12-25(23(29)30)17(16-14-18(31-5)20(33-7)19(15-16)32-6)11-10-13-26(25)22(28)21(27)24(3,4)9-2/h8,12,14-15,17H,9-11,13H2,1-7H3,(H,29,30). The Hall–Kier alpha value is -3.03. The topological polar surface area (TPSA) is 102 Å². The van der Waals surface area contributed by atoms with E-state index >= 15 is 0 Å². The number of methoxy groups -OCH3 is 3. The van der Waals surface area contributed by atoms with Gasteiger partial charge in [0, 0.05) is 17.9 Å². The summed E-state index contributed by atoms with van der Waals surface area (Å²) in [5, 5.41) is 10.5. The molecule has 1 fully saturated rings. The number of hydrogen-bond donors (Lipinski definition) is 1. The number of hydrogen-bond acceptors (Lipinski definition) is 6. The van der Waals surface area contributed by atoms with Gasteiger partial charge in [-0.1, -0.05) is 32.9 Å². The van der Waals surface area contributed by atoms with Gasteiger partial charge in [0.15, 0.2) is 17.0 Å². The van der Waals surface area contributed by atoms with E-state index in [1.807, 2.05) is 6.92 Å². The summed E-state index contributed by atoms with van der Waals surface area (Å²) in [7, 11) is 4.46. The number of carbonyl (C=O) groups excluding carboxylic acids is 2. The fourth-order valence-corrected chi connectivity index (χ4v) is 4.41. The molecule has 1 N–H and O–H groups in total. The van der Waals surface area contributed by atoms with Gasteiger partial charge in [-0.25, -0.2) is 4.79 Å². The first kappa shape index (κ1) is 26.2. The van der Waals surface area contributed by atoms with Gasteiger partial charge in [-0.15, -0.1) is 0 Å². The number of amides is 1. The van der Waals surface area contributed by atoms with E-state index < -0.39 is 34.5 Å². The minimum atomic E-state index is -1.74. The number of ketones is 1. The third-order valence-electron chi connectivity index (χ3n) is 6.64. The zero-order chi connectivity index (χ0) is 25.0. The molecule has 2 unspecified atom stereocenters. The molecule has 182 valence electrons. The molecular formula is C25H35NO7. The van der Waals surface area contributed by atoms with Crippen LogP contribution in [0.25, 0.3) is 0 Å². The van der Waals surface area contributed by atoms with E-state index in [-0.39, 0.29) is 6.54 Å². The molecule has 0 radical (unpaired) electrons. The number of nitrogens with zero attached hydrogens (tertiary/aromatic N) is 1. The zero-order valence-corrected chi connectivity index (χ0v) is 20.6. The van der Waals surface area contributed by atoms with Crippen LogP contribution in [0.3, 0.4) is 0 Å². The first-order chi connectivity index (χ1) is 15.5. The van der Waals surface area contributed by atoms with Crippen molar-refractivity contribution in [3.63, 3.8) is 0 Å². The van der Waals surface area contributed by atoms with Crippen LogP contribution in [-0.2, 0) is 14.4 Å². The number of likely N-dealkylation sites (tertiary alicyclic amines) is 1. The van der Waals surface area contributed by atoms with Crippen LogP contribution in [0.1, 0.15) is 58.4 Å². The Balaban J connectivity index is 2.74. The third-order valence-corrected chi connectivity index (χ3v) is 6.64. The number of rotatable bonds is 9. The van der Waals surface area contributed by atoms with Crippen molar-refractivity contribution >= 4 is 17.7 Å². The van der Waals surface area contributed by atoms with E-state index in [1.54, 1.807) is 39.0 Å². The summed E-state index contributed by atoms with van der Waals surface area (Å²) in [4.78, 5) is 40.6. The average molecular weight is 462 g/mol. The molecule has 2 rings (SSSR count). The maximum absolute atomic E-state index is 13.4. The summed E-state index contributed by atoms with van der Waals surface area (Å²) in [6, 6.07) is 3.41. The summed E-state index contributed by atoms with van der Waals surface area (Å²) >= 11 is 0. The first-order valence-corrected chi connectivity index (χ1v) is 11.1. The lowest BCUT2D eigenvalue weighted by atomic mass is 9.71. The van der Waals surface area contributed by atoms with Crippen molar-refractivity contribution in [3.05, 3.63) is 29.8 Å². The highest BCUT2D eigenvalue weighted by Gasteiger charge is 2.55. The number of allylic oxidation sites excluding steroid dienone is 1. The molecule has 1 aliphatic heterocycles. The number of carboxylic acids is 1. The fraction of sp³-hybridized carbons (Fsp3) is 0.560. The van der Waals surface area contributed by atoms with Gasteiger partial charge in [0.05, 0.1) is 21.3 Å². The monoisotopic (exact) mass is 461 g/mol. The van der Waals surface area contributed by atoms with Gasteiger partial charge in [0.2, 0.25) is 11.5 Å². The van der Waals surface area contributed by atoms with Crippen LogP contribution >= 0.6 is 0 Å². The normalized spacial score (nSPS) is 21.1. The Labute approximate surface area is 195 Å². The first-order valence-electron chi connectivity index (χ1n) is 11.1. The van der Waals surface area contributed by atoms with Crippen molar-refractivity contribution in [1.29, 1.82) is 0 Å². The van der Waals surface area contributed by atoms with Gasteiger partial charge in [-0.05, 0) is 43.9 Å². The summed E-state index contributed by atoms with van der Waals surface area (Å²) < 4.78 is 16.3. The number of benzene rings is 1. The van der Waals surface area contributed by atoms with E-state index in [9.17, 15) is 19.5 Å². The Kier molecular flexibility index (Phi) is 8.16. The molecule has 0 aliphatic carbocycles. The van der Waals surface area contributed by atoms with Crippen molar-refractivity contribution in [2.24, 2.45) is 5.41 Å². The largest absolute Gasteiger partial charge is 0.493 e. The number of carboxylic acid groups (broad SMARTS) is 1. The van der Waals surface area contributed by atoms with Crippen LogP contribution in [0.15, 0.2) is 24.3 Å². The molecule has 1 saturated heterocycles. The van der Waals surface area contributed by atoms with Gasteiger partial charge in [-0.2, -0.15) is 0 Å². The minimum absolute atomic E-state index is 0.169. The van der Waals surface area contributed by atoms with Gasteiger partial charge >= 0.3 is 5.97 Å². The van der Waals surface area contributed by atoms with E-state index in [0.29, 0.717) is 42.1 Å². The van der Waals surface area contributed by atoms with Gasteiger partial charge in [0.1, 0.15) is 0 Å². The second-order valence-corrected chi connectivity index (χ2v) is 8.81. The maximum Gasteiger partial charge on any atom is 0.334 e. The molecule has 1 aliphatic rings. The molecule has 0 saturated carbocycles. The molecule has 8 heteroatoms. The van der Waals surface area contributed by atoms with E-state index in [1.165, 1.54) is 32.3 Å². The molecule has 1 aromatic rings. The molecule has 8 nitrogen and oxygen atoms in total. The summed E-state index contributed by atoms with van der Waals surface area (Å²) in [6.45, 7) is 7.10. The fourth-order valence-electron chi connectivity index (χ4n) is 4.41. The Morgan fingerprint density at radius 1 is 1.15 bits per heavy atom. The summed E-state index contributed by atoms with van der Waals surface area (Å²) in [6.07, 6.45) is 4.61. The lowest BCUT2D eigenvalue weighted by Crippen LogP contribution is -2.64. The predicted octanol–water partition coefficient (Wildman–Crippen LogP) is 3.82. The lowest BCUT2D eigenvalue weighted by Gasteiger charge is -2.48. The molecular weight excluding hydrogens is 426 g/mol. The lowest BCUT2D eigenvalue weighted by molar-refractivity contribution is -0.164. The molecule has 33 heavy (non-hydrogen) atoms. The molecule has 2 atom stereocenters. The Morgan fingerprint density at radius 3 is 2.15 bits per heavy atom.